The lowest BCUT2D eigenvalue weighted by atomic mass is 9.86. The lowest BCUT2D eigenvalue weighted by Gasteiger charge is -2.31. The van der Waals surface area contributed by atoms with Crippen molar-refractivity contribution in [2.24, 2.45) is 0 Å². The number of rotatable bonds is 9. The molecule has 0 saturated carbocycles. The third kappa shape index (κ3) is 6.43. The van der Waals surface area contributed by atoms with Crippen molar-refractivity contribution in [1.29, 1.82) is 0 Å². The van der Waals surface area contributed by atoms with Crippen LogP contribution < -0.4 is 5.32 Å². The predicted octanol–water partition coefficient (Wildman–Crippen LogP) is 5.35. The number of amides is 1. The molecule has 0 spiro atoms. The van der Waals surface area contributed by atoms with Crippen LogP contribution in [0.25, 0.3) is 0 Å². The van der Waals surface area contributed by atoms with Crippen molar-refractivity contribution in [3.8, 4) is 0 Å². The third-order valence-corrected chi connectivity index (χ3v) is 6.10. The summed E-state index contributed by atoms with van der Waals surface area (Å²) in [7, 11) is 0. The Labute approximate surface area is 190 Å². The van der Waals surface area contributed by atoms with Crippen LogP contribution in [0.3, 0.4) is 0 Å². The van der Waals surface area contributed by atoms with E-state index in [9.17, 15) is 4.79 Å². The van der Waals surface area contributed by atoms with Gasteiger partial charge in [-0.15, -0.1) is 0 Å². The largest absolute Gasteiger partial charge is 0.349 e. The highest BCUT2D eigenvalue weighted by Gasteiger charge is 2.22. The second-order valence-electron chi connectivity index (χ2n) is 8.10. The minimum Gasteiger partial charge on any atom is -0.349 e. The maximum absolute atomic E-state index is 12.8. The normalized spacial score (nSPS) is 12.8. The second-order valence-corrected chi connectivity index (χ2v) is 9.74. The number of nitrogens with zero attached hydrogens (tertiary/aromatic N) is 3. The molecular weight excluding hydrogens is 416 g/mol. The van der Waals surface area contributed by atoms with Crippen LogP contribution in [-0.2, 0) is 5.41 Å². The van der Waals surface area contributed by atoms with Crippen LogP contribution in [0, 0.1) is 0 Å². The van der Waals surface area contributed by atoms with E-state index in [2.05, 4.69) is 79.1 Å². The summed E-state index contributed by atoms with van der Waals surface area (Å²) in [6.45, 7) is 15.2. The van der Waals surface area contributed by atoms with Crippen molar-refractivity contribution in [2.45, 2.75) is 58.2 Å². The molecule has 1 aromatic carbocycles. The number of carbonyl (C=O) groups excluding carboxylic acids is 1. The minimum atomic E-state index is -0.274. The van der Waals surface area contributed by atoms with E-state index in [-0.39, 0.29) is 28.1 Å². The van der Waals surface area contributed by atoms with Crippen molar-refractivity contribution in [1.82, 2.24) is 20.2 Å². The first-order valence-corrected chi connectivity index (χ1v) is 11.9. The summed E-state index contributed by atoms with van der Waals surface area (Å²) in [6, 6.07) is 8.78. The van der Waals surface area contributed by atoms with E-state index in [4.69, 9.17) is 11.6 Å². The number of hydrogen-bond acceptors (Lipinski definition) is 5. The van der Waals surface area contributed by atoms with Crippen molar-refractivity contribution in [3.05, 3.63) is 52.3 Å². The Morgan fingerprint density at radius 3 is 2.33 bits per heavy atom. The number of aromatic nitrogens is 2. The molecule has 0 saturated heterocycles. The summed E-state index contributed by atoms with van der Waals surface area (Å²) in [5, 5.41) is 3.86. The number of hydrogen-bond donors (Lipinski definition) is 1. The van der Waals surface area contributed by atoms with Crippen LogP contribution in [0.4, 0.5) is 0 Å². The van der Waals surface area contributed by atoms with E-state index in [0.29, 0.717) is 11.7 Å². The molecule has 164 valence electrons. The fourth-order valence-corrected chi connectivity index (χ4v) is 4.03. The zero-order chi connectivity index (χ0) is 22.3. The zero-order valence-electron chi connectivity index (χ0n) is 18.8. The van der Waals surface area contributed by atoms with Crippen LogP contribution >= 0.6 is 23.4 Å². The minimum absolute atomic E-state index is 0.0723. The molecule has 1 aromatic heterocycles. The molecule has 30 heavy (non-hydrogen) atoms. The lowest BCUT2D eigenvalue weighted by Crippen LogP contribution is -2.38. The molecule has 1 atom stereocenters. The molecule has 0 radical (unpaired) electrons. The zero-order valence-corrected chi connectivity index (χ0v) is 20.4. The quantitative estimate of drug-likeness (QED) is 0.413. The van der Waals surface area contributed by atoms with Gasteiger partial charge in [0.15, 0.2) is 10.9 Å². The molecule has 0 aliphatic carbocycles. The van der Waals surface area contributed by atoms with Crippen molar-refractivity contribution in [2.75, 3.05) is 25.4 Å². The highest BCUT2D eigenvalue weighted by Crippen LogP contribution is 2.26. The first-order chi connectivity index (χ1) is 14.2. The summed E-state index contributed by atoms with van der Waals surface area (Å²) in [6.07, 6.45) is 1.49. The molecule has 0 fully saturated rings. The monoisotopic (exact) mass is 448 g/mol. The molecule has 0 bridgehead atoms. The van der Waals surface area contributed by atoms with Gasteiger partial charge in [0.25, 0.3) is 5.91 Å². The summed E-state index contributed by atoms with van der Waals surface area (Å²) in [5.41, 5.74) is 2.81. The SMILES string of the molecule is CCSc1ncc(Cl)c(C(=O)NC[C@@H](c2ccc(C(C)(C)C)cc2)N(CC)CC)n1. The number of nitrogens with one attached hydrogen (secondary N) is 1. The van der Waals surface area contributed by atoms with Gasteiger partial charge in [0, 0.05) is 6.54 Å². The Morgan fingerprint density at radius 2 is 1.80 bits per heavy atom. The molecule has 0 aliphatic rings. The number of benzene rings is 1. The van der Waals surface area contributed by atoms with E-state index in [0.717, 1.165) is 18.8 Å². The van der Waals surface area contributed by atoms with Gasteiger partial charge >= 0.3 is 0 Å². The Bertz CT molecular complexity index is 832. The fourth-order valence-electron chi connectivity index (χ4n) is 3.31. The molecule has 2 aromatic rings. The average molecular weight is 449 g/mol. The maximum Gasteiger partial charge on any atom is 0.271 e. The number of halogens is 1. The van der Waals surface area contributed by atoms with Crippen LogP contribution in [0.2, 0.25) is 5.02 Å². The number of likely N-dealkylation sites (N-methyl/N-ethyl adjacent to an activating group) is 1. The summed E-state index contributed by atoms with van der Waals surface area (Å²) in [4.78, 5) is 23.7. The lowest BCUT2D eigenvalue weighted by molar-refractivity contribution is 0.0929. The first kappa shape index (κ1) is 24.6. The topological polar surface area (TPSA) is 58.1 Å². The summed E-state index contributed by atoms with van der Waals surface area (Å²) < 4.78 is 0. The smallest absolute Gasteiger partial charge is 0.271 e. The van der Waals surface area contributed by atoms with Crippen LogP contribution in [-0.4, -0.2) is 46.2 Å². The Kier molecular flexibility index (Phi) is 9.13. The van der Waals surface area contributed by atoms with E-state index in [1.807, 2.05) is 6.92 Å². The van der Waals surface area contributed by atoms with Crippen molar-refractivity contribution < 1.29 is 4.79 Å². The molecule has 1 amide bonds. The van der Waals surface area contributed by atoms with Crippen LogP contribution in [0.5, 0.6) is 0 Å². The maximum atomic E-state index is 12.8. The standard InChI is InChI=1S/C23H33ClN4OS/c1-7-28(8-2)19(16-10-12-17(13-11-16)23(4,5)6)15-25-21(29)20-18(24)14-26-22(27-20)30-9-3/h10-14,19H,7-9,15H2,1-6H3,(H,25,29)/t19-/m0/s1. The average Bonchev–Trinajstić information content (AvgIpc) is 2.72. The van der Waals surface area contributed by atoms with Gasteiger partial charge in [0.05, 0.1) is 17.3 Å². The molecule has 5 nitrogen and oxygen atoms in total. The van der Waals surface area contributed by atoms with Gasteiger partial charge in [0.1, 0.15) is 0 Å². The first-order valence-electron chi connectivity index (χ1n) is 10.5. The molecule has 0 unspecified atom stereocenters. The molecule has 0 aliphatic heterocycles. The van der Waals surface area contributed by atoms with Gasteiger partial charge in [-0.3, -0.25) is 9.69 Å². The van der Waals surface area contributed by atoms with Gasteiger partial charge in [-0.25, -0.2) is 9.97 Å². The molecule has 1 N–H and O–H groups in total. The van der Waals surface area contributed by atoms with Crippen molar-refractivity contribution in [3.63, 3.8) is 0 Å². The molecule has 2 rings (SSSR count). The van der Waals surface area contributed by atoms with Gasteiger partial charge in [-0.05, 0) is 35.4 Å². The van der Waals surface area contributed by atoms with E-state index in [1.54, 1.807) is 0 Å². The molecular formula is C23H33ClN4OS. The predicted molar refractivity (Wildman–Crippen MR) is 127 cm³/mol. The van der Waals surface area contributed by atoms with Gasteiger partial charge < -0.3 is 5.32 Å². The van der Waals surface area contributed by atoms with Gasteiger partial charge in [-0.1, -0.05) is 89.2 Å². The summed E-state index contributed by atoms with van der Waals surface area (Å²) >= 11 is 7.68. The van der Waals surface area contributed by atoms with Crippen LogP contribution in [0.15, 0.2) is 35.6 Å². The van der Waals surface area contributed by atoms with Crippen LogP contribution in [0.1, 0.15) is 69.2 Å². The van der Waals surface area contributed by atoms with Gasteiger partial charge in [0.2, 0.25) is 0 Å². The Morgan fingerprint density at radius 1 is 1.17 bits per heavy atom. The fraction of sp³-hybridized carbons (Fsp3) is 0.522. The summed E-state index contributed by atoms with van der Waals surface area (Å²) in [5.74, 6) is 0.556. The third-order valence-electron chi connectivity index (χ3n) is 5.08. The van der Waals surface area contributed by atoms with E-state index in [1.165, 1.54) is 29.1 Å². The number of thioether (sulfide) groups is 1. The highest BCUT2D eigenvalue weighted by molar-refractivity contribution is 7.99. The Hall–Kier alpha value is -1.63. The molecule has 1 heterocycles. The number of carbonyl (C=O) groups is 1. The Balaban J connectivity index is 2.21. The van der Waals surface area contributed by atoms with E-state index < -0.39 is 0 Å². The highest BCUT2D eigenvalue weighted by atomic mass is 35.5. The second kappa shape index (κ2) is 11.1. The van der Waals surface area contributed by atoms with E-state index >= 15 is 0 Å². The van der Waals surface area contributed by atoms with Crippen molar-refractivity contribution >= 4 is 29.3 Å². The van der Waals surface area contributed by atoms with Gasteiger partial charge in [-0.2, -0.15) is 0 Å². The molecule has 7 heteroatoms.